The molecule has 3 heteroatoms. The van der Waals surface area contributed by atoms with Gasteiger partial charge in [0.1, 0.15) is 0 Å². The van der Waals surface area contributed by atoms with E-state index in [9.17, 15) is 0 Å². The van der Waals surface area contributed by atoms with Gasteiger partial charge in [0.2, 0.25) is 0 Å². The summed E-state index contributed by atoms with van der Waals surface area (Å²) in [4.78, 5) is 0. The fraction of sp³-hybridized carbons (Fsp3) is 0.500. The summed E-state index contributed by atoms with van der Waals surface area (Å²) >= 11 is 2.37. The lowest BCUT2D eigenvalue weighted by Gasteiger charge is -2.16. The molecule has 1 aromatic rings. The van der Waals surface area contributed by atoms with Crippen molar-refractivity contribution in [1.29, 1.82) is 0 Å². The van der Waals surface area contributed by atoms with Gasteiger partial charge in [-0.1, -0.05) is 18.2 Å². The Morgan fingerprint density at radius 1 is 1.40 bits per heavy atom. The molecule has 0 saturated carbocycles. The van der Waals surface area contributed by atoms with Gasteiger partial charge in [-0.05, 0) is 59.5 Å². The zero-order valence-electron chi connectivity index (χ0n) is 9.08. The van der Waals surface area contributed by atoms with Crippen LogP contribution in [-0.2, 0) is 4.74 Å². The summed E-state index contributed by atoms with van der Waals surface area (Å²) in [5.41, 5.74) is 7.18. The van der Waals surface area contributed by atoms with E-state index < -0.39 is 0 Å². The van der Waals surface area contributed by atoms with Gasteiger partial charge in [-0.3, -0.25) is 0 Å². The number of methoxy groups -OCH3 is 1. The molecule has 0 radical (unpaired) electrons. The molecule has 0 amide bonds. The third-order valence-electron chi connectivity index (χ3n) is 2.53. The van der Waals surface area contributed by atoms with E-state index in [1.165, 1.54) is 9.13 Å². The lowest BCUT2D eigenvalue weighted by atomic mass is 9.94. The van der Waals surface area contributed by atoms with Gasteiger partial charge in [0.05, 0.1) is 0 Å². The van der Waals surface area contributed by atoms with Crippen LogP contribution in [0.2, 0.25) is 0 Å². The molecule has 0 bridgehead atoms. The van der Waals surface area contributed by atoms with Crippen LogP contribution in [0.3, 0.4) is 0 Å². The van der Waals surface area contributed by atoms with Crippen LogP contribution in [0, 0.1) is 3.57 Å². The Labute approximate surface area is 105 Å². The lowest BCUT2D eigenvalue weighted by molar-refractivity contribution is 0.190. The molecule has 0 saturated heterocycles. The highest BCUT2D eigenvalue weighted by molar-refractivity contribution is 14.1. The molecule has 1 atom stereocenters. The Kier molecular flexibility index (Phi) is 6.20. The summed E-state index contributed by atoms with van der Waals surface area (Å²) < 4.78 is 6.37. The maximum Gasteiger partial charge on any atom is 0.0462 e. The highest BCUT2D eigenvalue weighted by Crippen LogP contribution is 2.24. The Morgan fingerprint density at radius 3 is 2.73 bits per heavy atom. The summed E-state index contributed by atoms with van der Waals surface area (Å²) in [6.45, 7) is 1.53. The fourth-order valence-electron chi connectivity index (χ4n) is 1.68. The smallest absolute Gasteiger partial charge is 0.0462 e. The lowest BCUT2D eigenvalue weighted by Crippen LogP contribution is -2.14. The van der Waals surface area contributed by atoms with Crippen molar-refractivity contribution in [3.63, 3.8) is 0 Å². The Morgan fingerprint density at radius 2 is 2.13 bits per heavy atom. The molecule has 0 aliphatic heterocycles. The summed E-state index contributed by atoms with van der Waals surface area (Å²) in [7, 11) is 1.74. The molecule has 84 valence electrons. The maximum atomic E-state index is 5.81. The minimum Gasteiger partial charge on any atom is -0.385 e. The van der Waals surface area contributed by atoms with Gasteiger partial charge in [-0.15, -0.1) is 0 Å². The van der Waals surface area contributed by atoms with Gasteiger partial charge in [0, 0.05) is 17.3 Å². The molecular formula is C12H18INO. The molecule has 0 fully saturated rings. The first-order chi connectivity index (χ1) is 7.29. The average molecular weight is 319 g/mol. The van der Waals surface area contributed by atoms with Gasteiger partial charge in [-0.2, -0.15) is 0 Å². The first kappa shape index (κ1) is 12.9. The largest absolute Gasteiger partial charge is 0.385 e. The van der Waals surface area contributed by atoms with Crippen molar-refractivity contribution < 1.29 is 4.74 Å². The van der Waals surface area contributed by atoms with Crippen molar-refractivity contribution in [2.75, 3.05) is 20.3 Å². The van der Waals surface area contributed by atoms with E-state index in [1.807, 2.05) is 0 Å². The molecule has 2 nitrogen and oxygen atoms in total. The van der Waals surface area contributed by atoms with Crippen molar-refractivity contribution in [2.45, 2.75) is 18.8 Å². The molecule has 0 aliphatic carbocycles. The van der Waals surface area contributed by atoms with Crippen LogP contribution in [0.4, 0.5) is 0 Å². The van der Waals surface area contributed by atoms with Gasteiger partial charge in [0.15, 0.2) is 0 Å². The Balaban J connectivity index is 2.61. The van der Waals surface area contributed by atoms with Crippen LogP contribution in [-0.4, -0.2) is 20.3 Å². The van der Waals surface area contributed by atoms with Crippen molar-refractivity contribution in [3.05, 3.63) is 33.4 Å². The summed E-state index contributed by atoms with van der Waals surface area (Å²) in [5.74, 6) is 0.466. The maximum absolute atomic E-state index is 5.81. The number of rotatable bonds is 6. The number of benzene rings is 1. The number of nitrogens with two attached hydrogens (primary N) is 1. The summed E-state index contributed by atoms with van der Waals surface area (Å²) in [6, 6.07) is 8.45. The van der Waals surface area contributed by atoms with E-state index >= 15 is 0 Å². The normalized spacial score (nSPS) is 12.7. The molecule has 0 spiro atoms. The van der Waals surface area contributed by atoms with Gasteiger partial charge < -0.3 is 10.5 Å². The predicted molar refractivity (Wildman–Crippen MR) is 72.1 cm³/mol. The average Bonchev–Trinajstić information content (AvgIpc) is 2.26. The quantitative estimate of drug-likeness (QED) is 0.646. The summed E-state index contributed by atoms with van der Waals surface area (Å²) in [5, 5.41) is 0. The summed E-state index contributed by atoms with van der Waals surface area (Å²) in [6.07, 6.45) is 2.17. The van der Waals surface area contributed by atoms with E-state index in [2.05, 4.69) is 46.9 Å². The van der Waals surface area contributed by atoms with Crippen LogP contribution < -0.4 is 5.73 Å². The topological polar surface area (TPSA) is 35.2 Å². The highest BCUT2D eigenvalue weighted by Gasteiger charge is 2.11. The number of hydrogen-bond acceptors (Lipinski definition) is 2. The molecule has 2 N–H and O–H groups in total. The first-order valence-corrected chi connectivity index (χ1v) is 6.31. The van der Waals surface area contributed by atoms with Crippen molar-refractivity contribution in [3.8, 4) is 0 Å². The monoisotopic (exact) mass is 319 g/mol. The number of halogens is 1. The molecule has 0 heterocycles. The standard InChI is InChI=1S/C12H18INO/c1-15-8-4-5-10(9-14)11-6-2-3-7-12(11)13/h2-3,6-7,10H,4-5,8-9,14H2,1H3. The second-order valence-corrected chi connectivity index (χ2v) is 4.75. The van der Waals surface area contributed by atoms with Crippen LogP contribution >= 0.6 is 22.6 Å². The second kappa shape index (κ2) is 7.19. The molecule has 0 aliphatic rings. The van der Waals surface area contributed by atoms with Gasteiger partial charge >= 0.3 is 0 Å². The molecular weight excluding hydrogens is 301 g/mol. The first-order valence-electron chi connectivity index (χ1n) is 5.23. The zero-order valence-corrected chi connectivity index (χ0v) is 11.2. The van der Waals surface area contributed by atoms with Gasteiger partial charge in [-0.25, -0.2) is 0 Å². The second-order valence-electron chi connectivity index (χ2n) is 3.59. The third-order valence-corrected chi connectivity index (χ3v) is 3.51. The molecule has 1 aromatic carbocycles. The van der Waals surface area contributed by atoms with E-state index in [-0.39, 0.29) is 0 Å². The van der Waals surface area contributed by atoms with Crippen LogP contribution in [0.5, 0.6) is 0 Å². The van der Waals surface area contributed by atoms with Crippen molar-refractivity contribution >= 4 is 22.6 Å². The Bertz CT molecular complexity index is 291. The molecule has 15 heavy (non-hydrogen) atoms. The van der Waals surface area contributed by atoms with E-state index in [0.717, 1.165) is 19.4 Å². The predicted octanol–water partition coefficient (Wildman–Crippen LogP) is 2.76. The molecule has 1 unspecified atom stereocenters. The number of hydrogen-bond donors (Lipinski definition) is 1. The van der Waals surface area contributed by atoms with Crippen LogP contribution in [0.25, 0.3) is 0 Å². The van der Waals surface area contributed by atoms with E-state index in [4.69, 9.17) is 10.5 Å². The highest BCUT2D eigenvalue weighted by atomic mass is 127. The van der Waals surface area contributed by atoms with E-state index in [0.29, 0.717) is 12.5 Å². The molecule has 0 aromatic heterocycles. The minimum absolute atomic E-state index is 0.466. The minimum atomic E-state index is 0.466. The third kappa shape index (κ3) is 4.09. The van der Waals surface area contributed by atoms with Crippen molar-refractivity contribution in [1.82, 2.24) is 0 Å². The Hall–Kier alpha value is -0.130. The SMILES string of the molecule is COCCCC(CN)c1ccccc1I. The number of ether oxygens (including phenoxy) is 1. The van der Waals surface area contributed by atoms with Gasteiger partial charge in [0.25, 0.3) is 0 Å². The zero-order chi connectivity index (χ0) is 11.1. The van der Waals surface area contributed by atoms with E-state index in [1.54, 1.807) is 7.11 Å². The van der Waals surface area contributed by atoms with Crippen molar-refractivity contribution in [2.24, 2.45) is 5.73 Å². The molecule has 1 rings (SSSR count). The fourth-order valence-corrected chi connectivity index (χ4v) is 2.51. The van der Waals surface area contributed by atoms with Crippen LogP contribution in [0.1, 0.15) is 24.3 Å². The van der Waals surface area contributed by atoms with Crippen LogP contribution in [0.15, 0.2) is 24.3 Å².